The zero-order valence-corrected chi connectivity index (χ0v) is 16.6. The third-order valence-electron chi connectivity index (χ3n) is 4.23. The van der Waals surface area contributed by atoms with Gasteiger partial charge < -0.3 is 10.1 Å². The Morgan fingerprint density at radius 3 is 2.66 bits per heavy atom. The highest BCUT2D eigenvalue weighted by Gasteiger charge is 2.14. The molecule has 1 heterocycles. The molecule has 1 N–H and O–H groups in total. The Kier molecular flexibility index (Phi) is 6.13. The monoisotopic (exact) mass is 414 g/mol. The van der Waals surface area contributed by atoms with Crippen LogP contribution in [0.15, 0.2) is 48.7 Å². The average molecular weight is 415 g/mol. The van der Waals surface area contributed by atoms with Crippen LogP contribution in [0.1, 0.15) is 17.7 Å². The number of benzene rings is 2. The summed E-state index contributed by atoms with van der Waals surface area (Å²) in [5, 5.41) is 18.7. The van der Waals surface area contributed by atoms with Crippen molar-refractivity contribution in [2.24, 2.45) is 0 Å². The number of aryl methyl sites for hydroxylation is 3. The van der Waals surface area contributed by atoms with Crippen LogP contribution in [-0.4, -0.2) is 20.6 Å². The van der Waals surface area contributed by atoms with Gasteiger partial charge in [-0.15, -0.1) is 0 Å². The second-order valence-corrected chi connectivity index (χ2v) is 6.89. The SMILES string of the molecule is Cc1cc(Oc2cc(NC(=O)CCn3nccc3C)cc([N+](=O)[O-])c2)ccc1Cl. The van der Waals surface area contributed by atoms with E-state index in [1.807, 2.05) is 19.9 Å². The van der Waals surface area contributed by atoms with Crippen molar-refractivity contribution < 1.29 is 14.5 Å². The first kappa shape index (κ1) is 20.3. The molecule has 2 aromatic carbocycles. The number of nitrogens with one attached hydrogen (secondary N) is 1. The second kappa shape index (κ2) is 8.74. The summed E-state index contributed by atoms with van der Waals surface area (Å²) >= 11 is 6.01. The van der Waals surface area contributed by atoms with Crippen LogP contribution in [0, 0.1) is 24.0 Å². The summed E-state index contributed by atoms with van der Waals surface area (Å²) in [6.45, 7) is 4.14. The highest BCUT2D eigenvalue weighted by molar-refractivity contribution is 6.31. The van der Waals surface area contributed by atoms with Crippen LogP contribution in [0.4, 0.5) is 11.4 Å². The van der Waals surface area contributed by atoms with Gasteiger partial charge in [-0.05, 0) is 43.7 Å². The summed E-state index contributed by atoms with van der Waals surface area (Å²) < 4.78 is 7.45. The van der Waals surface area contributed by atoms with E-state index in [-0.39, 0.29) is 29.5 Å². The summed E-state index contributed by atoms with van der Waals surface area (Å²) in [5.74, 6) is 0.437. The highest BCUT2D eigenvalue weighted by Crippen LogP contribution is 2.31. The molecule has 0 aliphatic heterocycles. The maximum atomic E-state index is 12.3. The summed E-state index contributed by atoms with van der Waals surface area (Å²) in [6.07, 6.45) is 1.84. The molecule has 0 saturated carbocycles. The smallest absolute Gasteiger partial charge is 0.275 e. The quantitative estimate of drug-likeness (QED) is 0.438. The molecule has 0 aliphatic rings. The number of nitro benzene ring substituents is 1. The molecule has 0 atom stereocenters. The van der Waals surface area contributed by atoms with E-state index < -0.39 is 4.92 Å². The minimum Gasteiger partial charge on any atom is -0.457 e. The van der Waals surface area contributed by atoms with Crippen LogP contribution in [0.25, 0.3) is 0 Å². The van der Waals surface area contributed by atoms with Crippen molar-refractivity contribution >= 4 is 28.9 Å². The summed E-state index contributed by atoms with van der Waals surface area (Å²) in [5.41, 5.74) is 1.85. The molecule has 3 aromatic rings. The maximum Gasteiger partial charge on any atom is 0.275 e. The number of anilines is 1. The Morgan fingerprint density at radius 2 is 2.00 bits per heavy atom. The molecule has 0 saturated heterocycles. The van der Waals surface area contributed by atoms with Gasteiger partial charge in [0, 0.05) is 42.0 Å². The number of carbonyl (C=O) groups excluding carboxylic acids is 1. The number of ether oxygens (including phenoxy) is 1. The molecule has 3 rings (SSSR count). The molecule has 1 aromatic heterocycles. The summed E-state index contributed by atoms with van der Waals surface area (Å²) in [6, 6.07) is 11.0. The molecule has 0 bridgehead atoms. The Bertz CT molecular complexity index is 1060. The molecule has 0 unspecified atom stereocenters. The van der Waals surface area contributed by atoms with Crippen LogP contribution >= 0.6 is 11.6 Å². The molecule has 29 heavy (non-hydrogen) atoms. The van der Waals surface area contributed by atoms with E-state index in [9.17, 15) is 14.9 Å². The van der Waals surface area contributed by atoms with Crippen molar-refractivity contribution in [3.63, 3.8) is 0 Å². The van der Waals surface area contributed by atoms with Crippen LogP contribution in [0.5, 0.6) is 11.5 Å². The number of carbonyl (C=O) groups is 1. The number of nitrogens with zero attached hydrogens (tertiary/aromatic N) is 3. The molecule has 9 heteroatoms. The van der Waals surface area contributed by atoms with Gasteiger partial charge in [0.25, 0.3) is 5.69 Å². The zero-order valence-electron chi connectivity index (χ0n) is 15.9. The van der Waals surface area contributed by atoms with Gasteiger partial charge in [0.2, 0.25) is 5.91 Å². The minimum atomic E-state index is -0.539. The number of amides is 1. The van der Waals surface area contributed by atoms with Crippen molar-refractivity contribution in [2.45, 2.75) is 26.8 Å². The largest absolute Gasteiger partial charge is 0.457 e. The van der Waals surface area contributed by atoms with Crippen molar-refractivity contribution in [3.8, 4) is 11.5 Å². The predicted molar refractivity (Wildman–Crippen MR) is 110 cm³/mol. The number of rotatable bonds is 7. The topological polar surface area (TPSA) is 99.3 Å². The zero-order chi connectivity index (χ0) is 21.0. The normalized spacial score (nSPS) is 10.6. The molecule has 0 radical (unpaired) electrons. The first-order valence-corrected chi connectivity index (χ1v) is 9.21. The van der Waals surface area contributed by atoms with Crippen LogP contribution < -0.4 is 10.1 Å². The van der Waals surface area contributed by atoms with Gasteiger partial charge >= 0.3 is 0 Å². The Morgan fingerprint density at radius 1 is 1.21 bits per heavy atom. The average Bonchev–Trinajstić information content (AvgIpc) is 3.08. The minimum absolute atomic E-state index is 0.178. The van der Waals surface area contributed by atoms with Crippen molar-refractivity contribution in [1.82, 2.24) is 9.78 Å². The fourth-order valence-corrected chi connectivity index (χ4v) is 2.82. The lowest BCUT2D eigenvalue weighted by atomic mass is 10.2. The number of aromatic nitrogens is 2. The second-order valence-electron chi connectivity index (χ2n) is 6.48. The van der Waals surface area contributed by atoms with Crippen molar-refractivity contribution in [1.29, 1.82) is 0 Å². The molecule has 150 valence electrons. The first-order valence-electron chi connectivity index (χ1n) is 8.83. The van der Waals surface area contributed by atoms with E-state index in [1.165, 1.54) is 18.2 Å². The third kappa shape index (κ3) is 5.32. The number of hydrogen-bond acceptors (Lipinski definition) is 5. The summed E-state index contributed by atoms with van der Waals surface area (Å²) in [7, 11) is 0. The van der Waals surface area contributed by atoms with Crippen molar-refractivity contribution in [3.05, 3.63) is 75.1 Å². The van der Waals surface area contributed by atoms with Gasteiger partial charge in [-0.25, -0.2) is 0 Å². The van der Waals surface area contributed by atoms with E-state index in [2.05, 4.69) is 10.4 Å². The van der Waals surface area contributed by atoms with E-state index >= 15 is 0 Å². The highest BCUT2D eigenvalue weighted by atomic mass is 35.5. The van der Waals surface area contributed by atoms with E-state index in [0.29, 0.717) is 17.3 Å². The van der Waals surface area contributed by atoms with Gasteiger partial charge in [-0.2, -0.15) is 5.10 Å². The fraction of sp³-hybridized carbons (Fsp3) is 0.200. The van der Waals surface area contributed by atoms with Gasteiger partial charge in [-0.3, -0.25) is 19.6 Å². The molecule has 0 aliphatic carbocycles. The van der Waals surface area contributed by atoms with Crippen LogP contribution in [0.2, 0.25) is 5.02 Å². The van der Waals surface area contributed by atoms with Gasteiger partial charge in [0.1, 0.15) is 11.5 Å². The number of non-ortho nitro benzene ring substituents is 1. The number of halogens is 1. The van der Waals surface area contributed by atoms with Crippen molar-refractivity contribution in [2.75, 3.05) is 5.32 Å². The molecule has 1 amide bonds. The Labute approximate surface area is 172 Å². The number of hydrogen-bond donors (Lipinski definition) is 1. The van der Waals surface area contributed by atoms with Crippen LogP contribution in [0.3, 0.4) is 0 Å². The number of nitro groups is 1. The van der Waals surface area contributed by atoms with Gasteiger partial charge in [0.15, 0.2) is 0 Å². The molecule has 0 spiro atoms. The standard InChI is InChI=1S/C20H19ClN4O4/c1-13-9-17(3-4-19(13)21)29-18-11-15(10-16(12-18)25(27)28)23-20(26)6-8-24-14(2)5-7-22-24/h3-5,7,9-12H,6,8H2,1-2H3,(H,23,26). The Hall–Kier alpha value is -3.39. The van der Waals surface area contributed by atoms with Gasteiger partial charge in [0.05, 0.1) is 16.7 Å². The van der Waals surface area contributed by atoms with E-state index in [1.54, 1.807) is 29.1 Å². The fourth-order valence-electron chi connectivity index (χ4n) is 2.70. The molecule has 0 fully saturated rings. The van der Waals surface area contributed by atoms with E-state index in [4.69, 9.17) is 16.3 Å². The van der Waals surface area contributed by atoms with Gasteiger partial charge in [-0.1, -0.05) is 11.6 Å². The lowest BCUT2D eigenvalue weighted by Crippen LogP contribution is -2.15. The Balaban J connectivity index is 1.75. The summed E-state index contributed by atoms with van der Waals surface area (Å²) in [4.78, 5) is 23.0. The molecule has 8 nitrogen and oxygen atoms in total. The van der Waals surface area contributed by atoms with E-state index in [0.717, 1.165) is 11.3 Å². The lowest BCUT2D eigenvalue weighted by molar-refractivity contribution is -0.384. The van der Waals surface area contributed by atoms with Crippen LogP contribution in [-0.2, 0) is 11.3 Å². The molecular weight excluding hydrogens is 396 g/mol. The lowest BCUT2D eigenvalue weighted by Gasteiger charge is -2.11. The third-order valence-corrected chi connectivity index (χ3v) is 4.65. The maximum absolute atomic E-state index is 12.3. The first-order chi connectivity index (χ1) is 13.8. The molecular formula is C20H19ClN4O4. The predicted octanol–water partition coefficient (Wildman–Crippen LogP) is 4.88.